The topological polar surface area (TPSA) is 50.3 Å². The van der Waals surface area contributed by atoms with Crippen LogP contribution in [0.2, 0.25) is 5.02 Å². The van der Waals surface area contributed by atoms with Gasteiger partial charge in [0.2, 0.25) is 0 Å². The standard InChI is InChI=1S/C19H19ClN2O3/c1-3-24-17-9-12-7-8-21-19(14(12)11-18(17)25-4-2)15-10-13(20)5-6-16(15)22(21)23/h5-6,9-11H,3-4,7-8H2,1-2H3. The van der Waals surface area contributed by atoms with Crippen molar-refractivity contribution in [3.63, 3.8) is 0 Å². The van der Waals surface area contributed by atoms with Crippen LogP contribution in [0.5, 0.6) is 11.5 Å². The Bertz CT molecular complexity index is 965. The summed E-state index contributed by atoms with van der Waals surface area (Å²) >= 11 is 6.18. The Labute approximate surface area is 150 Å². The Morgan fingerprint density at radius 1 is 1.12 bits per heavy atom. The summed E-state index contributed by atoms with van der Waals surface area (Å²) in [6, 6.07) is 9.38. The first-order valence-corrected chi connectivity index (χ1v) is 8.86. The van der Waals surface area contributed by atoms with Gasteiger partial charge in [-0.25, -0.2) is 0 Å². The highest BCUT2D eigenvalue weighted by atomic mass is 35.5. The van der Waals surface area contributed by atoms with Crippen LogP contribution in [0, 0.1) is 5.21 Å². The maximum absolute atomic E-state index is 12.7. The molecule has 3 aromatic rings. The van der Waals surface area contributed by atoms with Crippen LogP contribution < -0.4 is 14.3 Å². The van der Waals surface area contributed by atoms with E-state index in [0.29, 0.717) is 36.0 Å². The summed E-state index contributed by atoms with van der Waals surface area (Å²) in [5.74, 6) is 1.45. The summed E-state index contributed by atoms with van der Waals surface area (Å²) < 4.78 is 13.3. The minimum absolute atomic E-state index is 0.550. The summed E-state index contributed by atoms with van der Waals surface area (Å²) in [4.78, 5) is 0.959. The van der Waals surface area contributed by atoms with Crippen molar-refractivity contribution in [2.75, 3.05) is 13.2 Å². The molecular formula is C19H19ClN2O3. The molecule has 130 valence electrons. The molecule has 4 rings (SSSR count). The van der Waals surface area contributed by atoms with Crippen LogP contribution in [0.4, 0.5) is 0 Å². The lowest BCUT2D eigenvalue weighted by Gasteiger charge is -2.20. The molecule has 0 aliphatic carbocycles. The number of hydrogen-bond donors (Lipinski definition) is 0. The number of nitrogens with zero attached hydrogens (tertiary/aromatic N) is 2. The van der Waals surface area contributed by atoms with Crippen molar-refractivity contribution in [2.24, 2.45) is 0 Å². The van der Waals surface area contributed by atoms with Crippen molar-refractivity contribution in [1.29, 1.82) is 0 Å². The van der Waals surface area contributed by atoms with Gasteiger partial charge in [-0.1, -0.05) is 16.4 Å². The first-order valence-electron chi connectivity index (χ1n) is 8.48. The van der Waals surface area contributed by atoms with Crippen molar-refractivity contribution in [1.82, 2.24) is 4.68 Å². The fourth-order valence-electron chi connectivity index (χ4n) is 3.50. The lowest BCUT2D eigenvalue weighted by Crippen LogP contribution is -2.39. The van der Waals surface area contributed by atoms with Crippen LogP contribution in [0.1, 0.15) is 19.4 Å². The third-order valence-electron chi connectivity index (χ3n) is 4.51. The maximum Gasteiger partial charge on any atom is 0.252 e. The van der Waals surface area contributed by atoms with Gasteiger partial charge in [-0.15, -0.1) is 4.68 Å². The molecule has 6 heteroatoms. The minimum Gasteiger partial charge on any atom is -0.595 e. The molecule has 1 aliphatic rings. The molecule has 2 aromatic carbocycles. The normalized spacial score (nSPS) is 12.8. The van der Waals surface area contributed by atoms with Gasteiger partial charge in [0.25, 0.3) is 5.52 Å². The molecule has 25 heavy (non-hydrogen) atoms. The van der Waals surface area contributed by atoms with Gasteiger partial charge in [0.05, 0.1) is 25.1 Å². The largest absolute Gasteiger partial charge is 0.595 e. The summed E-state index contributed by atoms with van der Waals surface area (Å²) in [5, 5.41) is 14.1. The van der Waals surface area contributed by atoms with Gasteiger partial charge in [0.1, 0.15) is 5.69 Å². The zero-order chi connectivity index (χ0) is 17.6. The first kappa shape index (κ1) is 16.1. The van der Waals surface area contributed by atoms with E-state index in [4.69, 9.17) is 21.1 Å². The second-order valence-corrected chi connectivity index (χ2v) is 6.41. The summed E-state index contributed by atoms with van der Waals surface area (Å²) in [6.45, 7) is 5.65. The van der Waals surface area contributed by atoms with Crippen molar-refractivity contribution < 1.29 is 14.3 Å². The van der Waals surface area contributed by atoms with Crippen LogP contribution in [-0.2, 0) is 13.0 Å². The molecular weight excluding hydrogens is 340 g/mol. The number of benzene rings is 2. The maximum atomic E-state index is 12.7. The second kappa shape index (κ2) is 6.15. The molecule has 0 unspecified atom stereocenters. The molecule has 0 radical (unpaired) electrons. The Kier molecular flexibility index (Phi) is 3.96. The van der Waals surface area contributed by atoms with E-state index in [-0.39, 0.29) is 0 Å². The molecule has 0 saturated carbocycles. The fourth-order valence-corrected chi connectivity index (χ4v) is 3.68. The van der Waals surface area contributed by atoms with Gasteiger partial charge in [0.15, 0.2) is 11.5 Å². The molecule has 5 nitrogen and oxygen atoms in total. The number of aromatic nitrogens is 2. The van der Waals surface area contributed by atoms with Gasteiger partial charge in [0, 0.05) is 16.7 Å². The van der Waals surface area contributed by atoms with Gasteiger partial charge in [-0.05, 0) is 50.1 Å². The Morgan fingerprint density at radius 2 is 1.84 bits per heavy atom. The van der Waals surface area contributed by atoms with Gasteiger partial charge in [-0.3, -0.25) is 0 Å². The zero-order valence-corrected chi connectivity index (χ0v) is 15.0. The molecule has 1 aliphatic heterocycles. The van der Waals surface area contributed by atoms with E-state index in [1.54, 1.807) is 16.8 Å². The van der Waals surface area contributed by atoms with E-state index in [1.807, 2.05) is 32.0 Å². The average Bonchev–Trinajstić information content (AvgIpc) is 2.88. The van der Waals surface area contributed by atoms with E-state index in [0.717, 1.165) is 39.2 Å². The van der Waals surface area contributed by atoms with Gasteiger partial charge >= 0.3 is 0 Å². The number of ether oxygens (including phenoxy) is 2. The number of hydrogen-bond acceptors (Lipinski definition) is 3. The second-order valence-electron chi connectivity index (χ2n) is 5.98. The molecule has 0 N–H and O–H groups in total. The molecule has 0 saturated heterocycles. The van der Waals surface area contributed by atoms with E-state index in [1.165, 1.54) is 0 Å². The molecule has 0 spiro atoms. The first-order chi connectivity index (χ1) is 12.1. The predicted octanol–water partition coefficient (Wildman–Crippen LogP) is 3.95. The van der Waals surface area contributed by atoms with Crippen molar-refractivity contribution in [2.45, 2.75) is 26.8 Å². The lowest BCUT2D eigenvalue weighted by atomic mass is 9.96. The number of fused-ring (bicyclic) bond motifs is 5. The lowest BCUT2D eigenvalue weighted by molar-refractivity contribution is -0.669. The predicted molar refractivity (Wildman–Crippen MR) is 97.4 cm³/mol. The summed E-state index contributed by atoms with van der Waals surface area (Å²) in [7, 11) is 0. The van der Waals surface area contributed by atoms with Crippen molar-refractivity contribution in [3.05, 3.63) is 46.1 Å². The van der Waals surface area contributed by atoms with Crippen molar-refractivity contribution >= 4 is 22.5 Å². The monoisotopic (exact) mass is 358 g/mol. The Morgan fingerprint density at radius 3 is 2.56 bits per heavy atom. The van der Waals surface area contributed by atoms with E-state index in [9.17, 15) is 5.21 Å². The molecule has 0 amide bonds. The van der Waals surface area contributed by atoms with Crippen LogP contribution in [0.25, 0.3) is 22.2 Å². The summed E-state index contributed by atoms with van der Waals surface area (Å²) in [6.07, 6.45) is 0.770. The van der Waals surface area contributed by atoms with E-state index in [2.05, 4.69) is 0 Å². The zero-order valence-electron chi connectivity index (χ0n) is 14.2. The van der Waals surface area contributed by atoms with Crippen LogP contribution in [-0.4, -0.2) is 17.9 Å². The molecule has 1 aromatic heterocycles. The van der Waals surface area contributed by atoms with Crippen LogP contribution in [0.3, 0.4) is 0 Å². The highest BCUT2D eigenvalue weighted by molar-refractivity contribution is 6.31. The average molecular weight is 359 g/mol. The highest BCUT2D eigenvalue weighted by Crippen LogP contribution is 2.41. The summed E-state index contributed by atoms with van der Waals surface area (Å²) in [5.41, 5.74) is 3.66. The fraction of sp³-hybridized carbons (Fsp3) is 0.316. The van der Waals surface area contributed by atoms with Crippen LogP contribution in [0.15, 0.2) is 30.3 Å². The van der Waals surface area contributed by atoms with Crippen LogP contribution >= 0.6 is 11.6 Å². The highest BCUT2D eigenvalue weighted by Gasteiger charge is 2.29. The Hall–Kier alpha value is -2.40. The number of halogens is 1. The minimum atomic E-state index is 0.550. The molecule has 0 fully saturated rings. The Balaban J connectivity index is 1.99. The third-order valence-corrected chi connectivity index (χ3v) is 4.75. The third kappa shape index (κ3) is 2.50. The smallest absolute Gasteiger partial charge is 0.252 e. The van der Waals surface area contributed by atoms with E-state index >= 15 is 0 Å². The molecule has 0 bridgehead atoms. The number of rotatable bonds is 4. The quantitative estimate of drug-likeness (QED) is 0.524. The SMILES string of the molecule is CCOc1cc2c(cc1OCC)-c1c3cc(Cl)ccc3[n+]([O-])n1CC2. The molecule has 2 heterocycles. The molecule has 0 atom stereocenters. The van der Waals surface area contributed by atoms with Crippen molar-refractivity contribution in [3.8, 4) is 22.8 Å². The number of aryl methyl sites for hydroxylation is 1. The van der Waals surface area contributed by atoms with E-state index < -0.39 is 0 Å². The van der Waals surface area contributed by atoms with Gasteiger partial charge in [-0.2, -0.15) is 0 Å². The van der Waals surface area contributed by atoms with Gasteiger partial charge < -0.3 is 14.7 Å².